The Hall–Kier alpha value is -1.23. The van der Waals surface area contributed by atoms with E-state index in [9.17, 15) is 4.79 Å². The van der Waals surface area contributed by atoms with Crippen LogP contribution < -0.4 is 4.74 Å². The Labute approximate surface area is 131 Å². The Morgan fingerprint density at radius 2 is 2.15 bits per heavy atom. The molecule has 0 spiro atoms. The van der Waals surface area contributed by atoms with Crippen LogP contribution in [0.3, 0.4) is 0 Å². The molecule has 2 aromatic rings. The lowest BCUT2D eigenvalue weighted by atomic mass is 10.3. The van der Waals surface area contributed by atoms with Crippen LogP contribution in [0.5, 0.6) is 5.75 Å². The van der Waals surface area contributed by atoms with Gasteiger partial charge in [0.1, 0.15) is 5.75 Å². The fraction of sp³-hybridized carbons (Fsp3) is 0.214. The van der Waals surface area contributed by atoms with Crippen molar-refractivity contribution < 1.29 is 9.53 Å². The van der Waals surface area contributed by atoms with Gasteiger partial charge in [-0.15, -0.1) is 11.3 Å². The molecule has 0 fully saturated rings. The van der Waals surface area contributed by atoms with E-state index in [0.29, 0.717) is 22.3 Å². The number of rotatable bonds is 5. The van der Waals surface area contributed by atoms with E-state index >= 15 is 0 Å². The molecule has 20 heavy (non-hydrogen) atoms. The Bertz CT molecular complexity index is 587. The number of carbonyl (C=O) groups is 1. The van der Waals surface area contributed by atoms with Gasteiger partial charge in [-0.25, -0.2) is 0 Å². The standard InChI is InChI=1S/C14H13Cl2NO2S/c1-17(8-11-3-2-6-20-11)14(18)9-19-13-5-4-10(15)7-12(13)16/h2-7H,8-9H2,1H3. The lowest BCUT2D eigenvalue weighted by Crippen LogP contribution is -2.30. The van der Waals surface area contributed by atoms with Crippen LogP contribution in [0.1, 0.15) is 4.88 Å². The largest absolute Gasteiger partial charge is 0.482 e. The molecule has 6 heteroatoms. The molecule has 0 radical (unpaired) electrons. The molecule has 3 nitrogen and oxygen atoms in total. The third-order valence-electron chi connectivity index (χ3n) is 2.64. The summed E-state index contributed by atoms with van der Waals surface area (Å²) in [4.78, 5) is 14.7. The molecule has 0 saturated heterocycles. The molecule has 0 aliphatic rings. The predicted molar refractivity (Wildman–Crippen MR) is 82.8 cm³/mol. The van der Waals surface area contributed by atoms with Crippen LogP contribution in [0.15, 0.2) is 35.7 Å². The summed E-state index contributed by atoms with van der Waals surface area (Å²) in [6.07, 6.45) is 0. The minimum absolute atomic E-state index is 0.0524. The fourth-order valence-corrected chi connectivity index (χ4v) is 2.79. The van der Waals surface area contributed by atoms with Gasteiger partial charge in [-0.1, -0.05) is 29.3 Å². The van der Waals surface area contributed by atoms with Gasteiger partial charge in [-0.2, -0.15) is 0 Å². The molecule has 2 rings (SSSR count). The second kappa shape index (κ2) is 6.97. The van der Waals surface area contributed by atoms with Gasteiger partial charge in [0.05, 0.1) is 11.6 Å². The molecular formula is C14H13Cl2NO2S. The zero-order chi connectivity index (χ0) is 14.5. The number of thiophene rings is 1. The molecule has 0 unspecified atom stereocenters. The Morgan fingerprint density at radius 3 is 2.80 bits per heavy atom. The van der Waals surface area contributed by atoms with Crippen LogP contribution in [0.2, 0.25) is 10.0 Å². The third kappa shape index (κ3) is 4.13. The van der Waals surface area contributed by atoms with E-state index < -0.39 is 0 Å². The van der Waals surface area contributed by atoms with Crippen LogP contribution in [0, 0.1) is 0 Å². The highest BCUT2D eigenvalue weighted by molar-refractivity contribution is 7.09. The van der Waals surface area contributed by atoms with E-state index in [4.69, 9.17) is 27.9 Å². The molecular weight excluding hydrogens is 317 g/mol. The molecule has 1 heterocycles. The van der Waals surface area contributed by atoms with Crippen molar-refractivity contribution in [3.8, 4) is 5.75 Å². The maximum absolute atomic E-state index is 12.0. The van der Waals surface area contributed by atoms with Crippen molar-refractivity contribution in [1.29, 1.82) is 0 Å². The van der Waals surface area contributed by atoms with Crippen molar-refractivity contribution in [3.63, 3.8) is 0 Å². The van der Waals surface area contributed by atoms with Gasteiger partial charge in [0.15, 0.2) is 6.61 Å². The van der Waals surface area contributed by atoms with E-state index in [0.717, 1.165) is 4.88 Å². The number of hydrogen-bond acceptors (Lipinski definition) is 3. The third-order valence-corrected chi connectivity index (χ3v) is 4.04. The maximum Gasteiger partial charge on any atom is 0.260 e. The van der Waals surface area contributed by atoms with Crippen LogP contribution in [-0.2, 0) is 11.3 Å². The molecule has 0 saturated carbocycles. The summed E-state index contributed by atoms with van der Waals surface area (Å²) in [5.41, 5.74) is 0. The lowest BCUT2D eigenvalue weighted by Gasteiger charge is -2.17. The van der Waals surface area contributed by atoms with Gasteiger partial charge in [0.2, 0.25) is 0 Å². The van der Waals surface area contributed by atoms with Gasteiger partial charge in [-0.3, -0.25) is 4.79 Å². The molecule has 1 aromatic heterocycles. The van der Waals surface area contributed by atoms with Gasteiger partial charge in [0, 0.05) is 16.9 Å². The van der Waals surface area contributed by atoms with Crippen molar-refractivity contribution >= 4 is 40.4 Å². The SMILES string of the molecule is CN(Cc1cccs1)C(=O)COc1ccc(Cl)cc1Cl. The summed E-state index contributed by atoms with van der Waals surface area (Å²) in [6.45, 7) is 0.525. The quantitative estimate of drug-likeness (QED) is 0.826. The summed E-state index contributed by atoms with van der Waals surface area (Å²) in [7, 11) is 1.74. The molecule has 1 amide bonds. The van der Waals surface area contributed by atoms with E-state index in [1.54, 1.807) is 41.5 Å². The maximum atomic E-state index is 12.0. The highest BCUT2D eigenvalue weighted by Crippen LogP contribution is 2.27. The van der Waals surface area contributed by atoms with Crippen LogP contribution in [-0.4, -0.2) is 24.5 Å². The summed E-state index contributed by atoms with van der Waals surface area (Å²) >= 11 is 13.4. The molecule has 1 aromatic carbocycles. The fourth-order valence-electron chi connectivity index (χ4n) is 1.57. The number of halogens is 2. The average molecular weight is 330 g/mol. The number of likely N-dealkylation sites (N-methyl/N-ethyl adjacent to an activating group) is 1. The van der Waals surface area contributed by atoms with E-state index in [1.165, 1.54) is 0 Å². The average Bonchev–Trinajstić information content (AvgIpc) is 2.90. The number of carbonyl (C=O) groups excluding carboxylic acids is 1. The van der Waals surface area contributed by atoms with Crippen LogP contribution in [0.25, 0.3) is 0 Å². The first-order chi connectivity index (χ1) is 9.56. The summed E-state index contributed by atoms with van der Waals surface area (Å²) < 4.78 is 5.42. The normalized spacial score (nSPS) is 10.3. The molecule has 0 bridgehead atoms. The number of benzene rings is 1. The highest BCUT2D eigenvalue weighted by Gasteiger charge is 2.12. The minimum Gasteiger partial charge on any atom is -0.482 e. The monoisotopic (exact) mass is 329 g/mol. The van der Waals surface area contributed by atoms with Crippen molar-refractivity contribution in [2.75, 3.05) is 13.7 Å². The minimum atomic E-state index is -0.107. The zero-order valence-corrected chi connectivity index (χ0v) is 13.1. The van der Waals surface area contributed by atoms with E-state index in [2.05, 4.69) is 0 Å². The number of ether oxygens (including phenoxy) is 1. The van der Waals surface area contributed by atoms with Gasteiger partial charge in [-0.05, 0) is 29.6 Å². The second-order valence-corrected chi connectivity index (χ2v) is 6.07. The second-order valence-electron chi connectivity index (χ2n) is 4.19. The topological polar surface area (TPSA) is 29.5 Å². The van der Waals surface area contributed by atoms with Gasteiger partial charge >= 0.3 is 0 Å². The zero-order valence-electron chi connectivity index (χ0n) is 10.8. The first-order valence-corrected chi connectivity index (χ1v) is 7.54. The number of hydrogen-bond donors (Lipinski definition) is 0. The highest BCUT2D eigenvalue weighted by atomic mass is 35.5. The van der Waals surface area contributed by atoms with Crippen molar-refractivity contribution in [2.24, 2.45) is 0 Å². The van der Waals surface area contributed by atoms with Gasteiger partial charge < -0.3 is 9.64 Å². The molecule has 106 valence electrons. The predicted octanol–water partition coefficient (Wildman–Crippen LogP) is 4.09. The van der Waals surface area contributed by atoms with E-state index in [-0.39, 0.29) is 12.5 Å². The number of nitrogens with zero attached hydrogens (tertiary/aromatic N) is 1. The van der Waals surface area contributed by atoms with Crippen molar-refractivity contribution in [3.05, 3.63) is 50.6 Å². The number of amides is 1. The van der Waals surface area contributed by atoms with Crippen molar-refractivity contribution in [1.82, 2.24) is 4.90 Å². The lowest BCUT2D eigenvalue weighted by molar-refractivity contribution is -0.132. The summed E-state index contributed by atoms with van der Waals surface area (Å²) in [6, 6.07) is 8.85. The molecule has 0 atom stereocenters. The summed E-state index contributed by atoms with van der Waals surface area (Å²) in [5.74, 6) is 0.346. The summed E-state index contributed by atoms with van der Waals surface area (Å²) in [5, 5.41) is 2.91. The Kier molecular flexibility index (Phi) is 5.29. The van der Waals surface area contributed by atoms with Crippen molar-refractivity contribution in [2.45, 2.75) is 6.54 Å². The molecule has 0 N–H and O–H groups in total. The van der Waals surface area contributed by atoms with Crippen LogP contribution in [0.4, 0.5) is 0 Å². The van der Waals surface area contributed by atoms with E-state index in [1.807, 2.05) is 17.5 Å². The molecule has 0 aliphatic carbocycles. The first kappa shape index (κ1) is 15.2. The van der Waals surface area contributed by atoms with Crippen LogP contribution >= 0.6 is 34.5 Å². The smallest absolute Gasteiger partial charge is 0.260 e. The molecule has 0 aliphatic heterocycles. The Balaban J connectivity index is 1.88. The Morgan fingerprint density at radius 1 is 1.35 bits per heavy atom. The van der Waals surface area contributed by atoms with Gasteiger partial charge in [0.25, 0.3) is 5.91 Å². The first-order valence-electron chi connectivity index (χ1n) is 5.90.